The van der Waals surface area contributed by atoms with E-state index < -0.39 is 0 Å². The monoisotopic (exact) mass is 398 g/mol. The molecular formula is C25H38N2O2. The number of carbonyl (C=O) groups is 1. The Morgan fingerprint density at radius 1 is 0.931 bits per heavy atom. The molecule has 2 heterocycles. The van der Waals surface area contributed by atoms with Crippen LogP contribution in [0.2, 0.25) is 0 Å². The van der Waals surface area contributed by atoms with Gasteiger partial charge in [-0.15, -0.1) is 0 Å². The van der Waals surface area contributed by atoms with Crippen molar-refractivity contribution in [3.8, 4) is 0 Å². The Morgan fingerprint density at radius 2 is 1.59 bits per heavy atom. The summed E-state index contributed by atoms with van der Waals surface area (Å²) in [5.74, 6) is 0.262. The molecule has 0 radical (unpaired) electrons. The molecule has 160 valence electrons. The molecule has 4 heteroatoms. The number of benzene rings is 1. The highest BCUT2D eigenvalue weighted by atomic mass is 16.5. The molecule has 3 fully saturated rings. The Balaban J connectivity index is 1.22. The van der Waals surface area contributed by atoms with Crippen molar-refractivity contribution in [3.05, 3.63) is 35.4 Å². The number of nitrogens with zero attached hydrogens (tertiary/aromatic N) is 2. The summed E-state index contributed by atoms with van der Waals surface area (Å²) in [7, 11) is 0. The number of hydrogen-bond donors (Lipinski definition) is 0. The number of rotatable bonds is 5. The van der Waals surface area contributed by atoms with Crippen LogP contribution in [0.3, 0.4) is 0 Å². The fourth-order valence-electron chi connectivity index (χ4n) is 5.18. The van der Waals surface area contributed by atoms with Crippen molar-refractivity contribution in [1.29, 1.82) is 0 Å². The molecule has 1 amide bonds. The summed E-state index contributed by atoms with van der Waals surface area (Å²) in [5.41, 5.74) is 2.98. The first-order valence-electron chi connectivity index (χ1n) is 11.7. The van der Waals surface area contributed by atoms with Crippen LogP contribution in [0.25, 0.3) is 0 Å². The summed E-state index contributed by atoms with van der Waals surface area (Å²) in [6, 6.07) is 9.58. The van der Waals surface area contributed by atoms with Gasteiger partial charge in [-0.25, -0.2) is 0 Å². The predicted octanol–water partition coefficient (Wildman–Crippen LogP) is 4.51. The van der Waals surface area contributed by atoms with Gasteiger partial charge in [-0.05, 0) is 42.2 Å². The van der Waals surface area contributed by atoms with E-state index in [1.807, 2.05) is 0 Å². The van der Waals surface area contributed by atoms with E-state index in [0.29, 0.717) is 6.04 Å². The summed E-state index contributed by atoms with van der Waals surface area (Å²) in [4.78, 5) is 17.4. The zero-order valence-corrected chi connectivity index (χ0v) is 18.5. The minimum absolute atomic E-state index is 0.183. The van der Waals surface area contributed by atoms with Gasteiger partial charge in [-0.3, -0.25) is 9.69 Å². The van der Waals surface area contributed by atoms with Crippen molar-refractivity contribution in [2.75, 3.05) is 19.6 Å². The highest BCUT2D eigenvalue weighted by Gasteiger charge is 2.39. The maximum absolute atomic E-state index is 12.8. The smallest absolute Gasteiger partial charge is 0.252 e. The van der Waals surface area contributed by atoms with Crippen LogP contribution in [0.15, 0.2) is 24.3 Å². The van der Waals surface area contributed by atoms with Gasteiger partial charge in [0.15, 0.2) is 0 Å². The topological polar surface area (TPSA) is 32.8 Å². The molecule has 1 atom stereocenters. The highest BCUT2D eigenvalue weighted by molar-refractivity contribution is 5.83. The van der Waals surface area contributed by atoms with Gasteiger partial charge in [0, 0.05) is 38.6 Å². The van der Waals surface area contributed by atoms with Crippen LogP contribution in [-0.2, 0) is 21.5 Å². The van der Waals surface area contributed by atoms with E-state index >= 15 is 0 Å². The summed E-state index contributed by atoms with van der Waals surface area (Å²) in [5, 5.41) is 0. The highest BCUT2D eigenvalue weighted by Crippen LogP contribution is 2.30. The molecule has 1 unspecified atom stereocenters. The van der Waals surface area contributed by atoms with Gasteiger partial charge in [0.25, 0.3) is 5.91 Å². The van der Waals surface area contributed by atoms with Crippen molar-refractivity contribution < 1.29 is 9.53 Å². The van der Waals surface area contributed by atoms with E-state index in [1.54, 1.807) is 0 Å². The second-order valence-corrected chi connectivity index (χ2v) is 10.3. The molecule has 29 heavy (non-hydrogen) atoms. The standard InChI is InChI=1S/C25H38N2O2/c1-25(2,3)20-10-8-19(9-11-20)18-26-15-12-22(13-16-26)29-23-14-17-27(24(23)28)21-6-4-5-7-21/h8-11,21-23H,4-7,12-18H2,1-3H3. The Bertz CT molecular complexity index is 680. The van der Waals surface area contributed by atoms with Gasteiger partial charge in [0.1, 0.15) is 6.10 Å². The molecule has 1 aromatic rings. The lowest BCUT2D eigenvalue weighted by Crippen LogP contribution is -2.41. The second-order valence-electron chi connectivity index (χ2n) is 10.3. The number of hydrogen-bond acceptors (Lipinski definition) is 3. The van der Waals surface area contributed by atoms with Crippen molar-refractivity contribution in [1.82, 2.24) is 9.80 Å². The molecule has 2 aliphatic heterocycles. The van der Waals surface area contributed by atoms with Gasteiger partial charge >= 0.3 is 0 Å². The molecule has 0 bridgehead atoms. The number of piperidine rings is 1. The quantitative estimate of drug-likeness (QED) is 0.732. The minimum atomic E-state index is -0.183. The second kappa shape index (κ2) is 8.77. The van der Waals surface area contributed by atoms with Gasteiger partial charge in [0.2, 0.25) is 0 Å². The first kappa shape index (κ1) is 20.9. The molecule has 1 aliphatic carbocycles. The first-order chi connectivity index (χ1) is 13.9. The molecule has 1 saturated carbocycles. The van der Waals surface area contributed by atoms with Crippen LogP contribution in [0.1, 0.15) is 76.8 Å². The normalized spacial score (nSPS) is 25.3. The molecule has 3 aliphatic rings. The Labute approximate surface area is 176 Å². The lowest BCUT2D eigenvalue weighted by atomic mass is 9.86. The van der Waals surface area contributed by atoms with E-state index in [9.17, 15) is 4.79 Å². The molecular weight excluding hydrogens is 360 g/mol. The van der Waals surface area contributed by atoms with E-state index in [1.165, 1.54) is 36.8 Å². The fraction of sp³-hybridized carbons (Fsp3) is 0.720. The Kier molecular flexibility index (Phi) is 6.31. The van der Waals surface area contributed by atoms with Crippen molar-refractivity contribution in [2.24, 2.45) is 0 Å². The average molecular weight is 399 g/mol. The number of carbonyl (C=O) groups excluding carboxylic acids is 1. The number of ether oxygens (including phenoxy) is 1. The van der Waals surface area contributed by atoms with E-state index in [2.05, 4.69) is 54.8 Å². The fourth-order valence-corrected chi connectivity index (χ4v) is 5.18. The zero-order chi connectivity index (χ0) is 20.4. The lowest BCUT2D eigenvalue weighted by Gasteiger charge is -2.33. The molecule has 1 aromatic carbocycles. The van der Waals surface area contributed by atoms with Gasteiger partial charge < -0.3 is 9.64 Å². The SMILES string of the molecule is CC(C)(C)c1ccc(CN2CCC(OC3CCN(C4CCCC4)C3=O)CC2)cc1. The molecule has 2 saturated heterocycles. The maximum Gasteiger partial charge on any atom is 0.252 e. The molecule has 0 aromatic heterocycles. The maximum atomic E-state index is 12.8. The number of likely N-dealkylation sites (tertiary alicyclic amines) is 2. The van der Waals surface area contributed by atoms with Crippen LogP contribution in [0.4, 0.5) is 0 Å². The van der Waals surface area contributed by atoms with Crippen LogP contribution in [-0.4, -0.2) is 53.6 Å². The Hall–Kier alpha value is -1.39. The van der Waals surface area contributed by atoms with Crippen molar-refractivity contribution >= 4 is 5.91 Å². The molecule has 4 rings (SSSR count). The van der Waals surface area contributed by atoms with Gasteiger partial charge in [-0.2, -0.15) is 0 Å². The van der Waals surface area contributed by atoms with Crippen molar-refractivity contribution in [2.45, 2.75) is 95.9 Å². The minimum Gasteiger partial charge on any atom is -0.365 e. The van der Waals surface area contributed by atoms with Gasteiger partial charge in [-0.1, -0.05) is 57.9 Å². The molecule has 0 N–H and O–H groups in total. The predicted molar refractivity (Wildman–Crippen MR) is 117 cm³/mol. The van der Waals surface area contributed by atoms with Crippen LogP contribution >= 0.6 is 0 Å². The Morgan fingerprint density at radius 3 is 2.21 bits per heavy atom. The zero-order valence-electron chi connectivity index (χ0n) is 18.5. The average Bonchev–Trinajstić information content (AvgIpc) is 3.34. The molecule has 0 spiro atoms. The first-order valence-corrected chi connectivity index (χ1v) is 11.7. The summed E-state index contributed by atoms with van der Waals surface area (Å²) >= 11 is 0. The third-order valence-corrected chi connectivity index (χ3v) is 7.07. The number of amides is 1. The summed E-state index contributed by atoms with van der Waals surface area (Å²) in [6.07, 6.45) is 7.94. The third-order valence-electron chi connectivity index (χ3n) is 7.07. The van der Waals surface area contributed by atoms with E-state index in [4.69, 9.17) is 4.74 Å². The van der Waals surface area contributed by atoms with Crippen molar-refractivity contribution in [3.63, 3.8) is 0 Å². The largest absolute Gasteiger partial charge is 0.365 e. The third kappa shape index (κ3) is 5.03. The van der Waals surface area contributed by atoms with Crippen LogP contribution in [0.5, 0.6) is 0 Å². The lowest BCUT2D eigenvalue weighted by molar-refractivity contribution is -0.143. The molecule has 4 nitrogen and oxygen atoms in total. The van der Waals surface area contributed by atoms with E-state index in [-0.39, 0.29) is 23.5 Å². The van der Waals surface area contributed by atoms with Crippen LogP contribution < -0.4 is 0 Å². The van der Waals surface area contributed by atoms with Crippen LogP contribution in [0, 0.1) is 0 Å². The summed E-state index contributed by atoms with van der Waals surface area (Å²) in [6.45, 7) is 10.8. The van der Waals surface area contributed by atoms with E-state index in [0.717, 1.165) is 45.4 Å². The summed E-state index contributed by atoms with van der Waals surface area (Å²) < 4.78 is 6.29. The van der Waals surface area contributed by atoms with Gasteiger partial charge in [0.05, 0.1) is 6.10 Å².